The summed E-state index contributed by atoms with van der Waals surface area (Å²) < 4.78 is 5.61. The minimum absolute atomic E-state index is 0.264. The summed E-state index contributed by atoms with van der Waals surface area (Å²) in [6.07, 6.45) is 2.61. The van der Waals surface area contributed by atoms with Crippen molar-refractivity contribution >= 4 is 11.3 Å². The zero-order valence-corrected chi connectivity index (χ0v) is 14.6. The Balaban J connectivity index is 1.59. The van der Waals surface area contributed by atoms with Crippen molar-refractivity contribution in [1.29, 1.82) is 0 Å². The first kappa shape index (κ1) is 16.6. The van der Waals surface area contributed by atoms with E-state index in [9.17, 15) is 5.11 Å². The molecular weight excluding hydrogens is 310 g/mol. The third-order valence-corrected chi connectivity index (χ3v) is 5.19. The van der Waals surface area contributed by atoms with Crippen LogP contribution in [-0.2, 0) is 6.54 Å². The van der Waals surface area contributed by atoms with Crippen molar-refractivity contribution in [3.8, 4) is 10.8 Å². The molecule has 0 spiro atoms. The van der Waals surface area contributed by atoms with Gasteiger partial charge in [-0.3, -0.25) is 9.80 Å². The van der Waals surface area contributed by atoms with Gasteiger partial charge in [0.25, 0.3) is 0 Å². The molecule has 0 unspecified atom stereocenters. The van der Waals surface area contributed by atoms with Crippen molar-refractivity contribution in [3.05, 3.63) is 29.5 Å². The lowest BCUT2D eigenvalue weighted by molar-refractivity contribution is 0.0333. The highest BCUT2D eigenvalue weighted by atomic mass is 32.1. The highest BCUT2D eigenvalue weighted by Crippen LogP contribution is 2.24. The van der Waals surface area contributed by atoms with Crippen LogP contribution in [0.2, 0.25) is 0 Å². The Bertz CT molecular complexity index is 597. The van der Waals surface area contributed by atoms with Crippen LogP contribution in [0.25, 0.3) is 10.8 Å². The van der Waals surface area contributed by atoms with Gasteiger partial charge in [0.05, 0.1) is 16.7 Å². The van der Waals surface area contributed by atoms with Crippen LogP contribution in [0, 0.1) is 0 Å². The van der Waals surface area contributed by atoms with E-state index < -0.39 is 0 Å². The number of rotatable bonds is 6. The minimum Gasteiger partial charge on any atom is -0.444 e. The second-order valence-corrected chi connectivity index (χ2v) is 7.21. The number of hydrogen-bond donors (Lipinski definition) is 1. The topological polar surface area (TPSA) is 52.7 Å². The molecule has 23 heavy (non-hydrogen) atoms. The molecule has 3 heterocycles. The van der Waals surface area contributed by atoms with Crippen LogP contribution in [-0.4, -0.2) is 58.2 Å². The number of oxazole rings is 1. The van der Waals surface area contributed by atoms with Crippen molar-refractivity contribution in [2.24, 2.45) is 0 Å². The van der Waals surface area contributed by atoms with Gasteiger partial charge >= 0.3 is 0 Å². The molecule has 0 amide bonds. The van der Waals surface area contributed by atoms with Crippen LogP contribution in [0.15, 0.2) is 28.2 Å². The number of nitrogens with zero attached hydrogens (tertiary/aromatic N) is 3. The summed E-state index contributed by atoms with van der Waals surface area (Å²) in [6, 6.07) is 4.54. The summed E-state index contributed by atoms with van der Waals surface area (Å²) in [4.78, 5) is 10.5. The van der Waals surface area contributed by atoms with Crippen LogP contribution in [0.4, 0.5) is 0 Å². The summed E-state index contributed by atoms with van der Waals surface area (Å²) in [5.41, 5.74) is 0.993. The largest absolute Gasteiger partial charge is 0.444 e. The molecule has 1 saturated heterocycles. The highest BCUT2D eigenvalue weighted by Gasteiger charge is 2.26. The fraction of sp³-hybridized carbons (Fsp3) is 0.588. The Morgan fingerprint density at radius 3 is 3.04 bits per heavy atom. The lowest BCUT2D eigenvalue weighted by Gasteiger charge is -2.41. The van der Waals surface area contributed by atoms with Gasteiger partial charge in [0.15, 0.2) is 0 Å². The quantitative estimate of drug-likeness (QED) is 0.879. The molecule has 1 aliphatic heterocycles. The monoisotopic (exact) mass is 335 g/mol. The summed E-state index contributed by atoms with van der Waals surface area (Å²) >= 11 is 1.65. The van der Waals surface area contributed by atoms with Gasteiger partial charge in [0.1, 0.15) is 6.26 Å². The normalized spacial score (nSPS) is 21.6. The molecule has 1 fully saturated rings. The number of hydrogen-bond acceptors (Lipinski definition) is 6. The molecule has 1 N–H and O–H groups in total. The Morgan fingerprint density at radius 2 is 2.35 bits per heavy atom. The second-order valence-electron chi connectivity index (χ2n) is 6.26. The highest BCUT2D eigenvalue weighted by molar-refractivity contribution is 7.13. The van der Waals surface area contributed by atoms with E-state index in [-0.39, 0.29) is 6.10 Å². The van der Waals surface area contributed by atoms with Crippen LogP contribution in [0.1, 0.15) is 26.0 Å². The number of piperazine rings is 1. The van der Waals surface area contributed by atoms with Crippen LogP contribution in [0.5, 0.6) is 0 Å². The molecular formula is C17H25N3O2S. The molecule has 3 rings (SSSR count). The molecule has 2 atom stereocenters. The molecule has 0 aliphatic carbocycles. The molecule has 2 aromatic heterocycles. The van der Waals surface area contributed by atoms with Crippen molar-refractivity contribution in [3.63, 3.8) is 0 Å². The smallest absolute Gasteiger partial charge is 0.236 e. The van der Waals surface area contributed by atoms with E-state index in [0.29, 0.717) is 6.04 Å². The third-order valence-electron chi connectivity index (χ3n) is 4.33. The lowest BCUT2D eigenvalue weighted by Crippen LogP contribution is -2.54. The molecule has 0 bridgehead atoms. The Morgan fingerprint density at radius 1 is 1.48 bits per heavy atom. The molecule has 2 aromatic rings. The van der Waals surface area contributed by atoms with Gasteiger partial charge in [-0.15, -0.1) is 11.3 Å². The Labute approximate surface area is 141 Å². The fourth-order valence-corrected chi connectivity index (χ4v) is 3.85. The van der Waals surface area contributed by atoms with E-state index in [1.54, 1.807) is 17.6 Å². The summed E-state index contributed by atoms with van der Waals surface area (Å²) in [5.74, 6) is 0.717. The third kappa shape index (κ3) is 4.20. The van der Waals surface area contributed by atoms with E-state index >= 15 is 0 Å². The van der Waals surface area contributed by atoms with Gasteiger partial charge < -0.3 is 9.52 Å². The molecule has 0 saturated carbocycles. The van der Waals surface area contributed by atoms with Crippen molar-refractivity contribution in [2.45, 2.75) is 39.0 Å². The lowest BCUT2D eigenvalue weighted by atomic mass is 10.1. The number of aliphatic hydroxyl groups is 1. The van der Waals surface area contributed by atoms with E-state index in [1.165, 1.54) is 0 Å². The maximum absolute atomic E-state index is 9.64. The average molecular weight is 335 g/mol. The maximum atomic E-state index is 9.64. The molecule has 6 heteroatoms. The van der Waals surface area contributed by atoms with Gasteiger partial charge in [-0.25, -0.2) is 4.98 Å². The zero-order chi connectivity index (χ0) is 16.2. The van der Waals surface area contributed by atoms with Gasteiger partial charge in [0.2, 0.25) is 5.89 Å². The van der Waals surface area contributed by atoms with Crippen LogP contribution >= 0.6 is 11.3 Å². The average Bonchev–Trinajstić information content (AvgIpc) is 3.19. The maximum Gasteiger partial charge on any atom is 0.236 e. The van der Waals surface area contributed by atoms with E-state index in [0.717, 1.165) is 55.6 Å². The predicted molar refractivity (Wildman–Crippen MR) is 92.4 cm³/mol. The van der Waals surface area contributed by atoms with Gasteiger partial charge in [-0.1, -0.05) is 13.0 Å². The van der Waals surface area contributed by atoms with E-state index in [4.69, 9.17) is 4.42 Å². The second kappa shape index (κ2) is 7.57. The SMILES string of the molecule is CC[C@H]1CN(Cc2coc(-c3cccs3)n2)CCN1C[C@@H](C)O. The number of aromatic nitrogens is 1. The summed E-state index contributed by atoms with van der Waals surface area (Å²) in [5, 5.41) is 11.7. The first-order chi connectivity index (χ1) is 11.2. The van der Waals surface area contributed by atoms with Crippen LogP contribution in [0.3, 0.4) is 0 Å². The fourth-order valence-electron chi connectivity index (χ4n) is 3.19. The van der Waals surface area contributed by atoms with Crippen molar-refractivity contribution in [1.82, 2.24) is 14.8 Å². The predicted octanol–water partition coefficient (Wildman–Crippen LogP) is 2.68. The van der Waals surface area contributed by atoms with Crippen molar-refractivity contribution < 1.29 is 9.52 Å². The first-order valence-corrected chi connectivity index (χ1v) is 9.16. The molecule has 0 radical (unpaired) electrons. The zero-order valence-electron chi connectivity index (χ0n) is 13.8. The van der Waals surface area contributed by atoms with Crippen molar-refractivity contribution in [2.75, 3.05) is 26.2 Å². The number of β-amino-alcohol motifs (C(OH)–C–C–N with tert-alkyl or cyclic N) is 1. The molecule has 126 valence electrons. The Kier molecular flexibility index (Phi) is 5.48. The van der Waals surface area contributed by atoms with Crippen LogP contribution < -0.4 is 0 Å². The number of aliphatic hydroxyl groups excluding tert-OH is 1. The summed E-state index contributed by atoms with van der Waals surface area (Å²) in [7, 11) is 0. The minimum atomic E-state index is -0.264. The number of thiophene rings is 1. The van der Waals surface area contributed by atoms with E-state index in [1.807, 2.05) is 24.4 Å². The first-order valence-electron chi connectivity index (χ1n) is 8.28. The van der Waals surface area contributed by atoms with Gasteiger partial charge in [-0.05, 0) is 24.8 Å². The summed E-state index contributed by atoms with van der Waals surface area (Å²) in [6.45, 7) is 8.69. The van der Waals surface area contributed by atoms with Gasteiger partial charge in [-0.2, -0.15) is 0 Å². The van der Waals surface area contributed by atoms with Gasteiger partial charge in [0, 0.05) is 38.8 Å². The molecule has 0 aromatic carbocycles. The molecule has 5 nitrogen and oxygen atoms in total. The standard InChI is InChI=1S/C17H25N3O2S/c1-3-15-11-19(6-7-20(15)9-13(2)21)10-14-12-22-17(18-14)16-5-4-8-23-16/h4-5,8,12-13,15,21H,3,6-7,9-11H2,1-2H3/t13-,15+/m1/s1. The molecule has 1 aliphatic rings. The Hall–Kier alpha value is -1.21. The van der Waals surface area contributed by atoms with E-state index in [2.05, 4.69) is 21.7 Å².